The third-order valence-corrected chi connectivity index (χ3v) is 5.44. The van der Waals surface area contributed by atoms with Crippen molar-refractivity contribution >= 4 is 17.5 Å². The molecule has 0 aromatic heterocycles. The van der Waals surface area contributed by atoms with E-state index in [4.69, 9.17) is 10.00 Å². The lowest BCUT2D eigenvalue weighted by molar-refractivity contribution is -0.138. The smallest absolute Gasteiger partial charge is 0.251 e. The van der Waals surface area contributed by atoms with Gasteiger partial charge >= 0.3 is 0 Å². The summed E-state index contributed by atoms with van der Waals surface area (Å²) in [7, 11) is 1.53. The molecule has 1 aliphatic heterocycles. The van der Waals surface area contributed by atoms with Gasteiger partial charge in [0.05, 0.1) is 13.2 Å². The Kier molecular flexibility index (Phi) is 6.49. The Labute approximate surface area is 185 Å². The fourth-order valence-electron chi connectivity index (χ4n) is 4.02. The Bertz CT molecular complexity index is 1080. The van der Waals surface area contributed by atoms with Gasteiger partial charge in [-0.15, -0.1) is 0 Å². The number of hydrogen-bond donors (Lipinski definition) is 1. The van der Waals surface area contributed by atoms with Crippen molar-refractivity contribution in [2.45, 2.75) is 45.1 Å². The number of benzene rings is 2. The molecule has 1 unspecified atom stereocenters. The highest BCUT2D eigenvalue weighted by Gasteiger charge is 2.36. The van der Waals surface area contributed by atoms with Crippen LogP contribution in [0.3, 0.4) is 0 Å². The fraction of sp³-hybridized carbons (Fsp3) is 0.375. The minimum Gasteiger partial charge on any atom is -0.497 e. The molecule has 168 valence electrons. The molecule has 8 heteroatoms. The zero-order valence-electron chi connectivity index (χ0n) is 18.5. The first-order chi connectivity index (χ1) is 15.1. The van der Waals surface area contributed by atoms with Crippen LogP contribution in [0.25, 0.3) is 0 Å². The molecule has 6 nitrogen and oxygen atoms in total. The maximum absolute atomic E-state index is 14.6. The minimum absolute atomic E-state index is 0.0497. The maximum atomic E-state index is 14.6. The molecule has 0 saturated carbocycles. The number of amides is 2. The Morgan fingerprint density at radius 3 is 2.44 bits per heavy atom. The maximum Gasteiger partial charge on any atom is 0.251 e. The number of carbonyl (C=O) groups is 2. The second kappa shape index (κ2) is 8.95. The lowest BCUT2D eigenvalue weighted by Gasteiger charge is -2.36. The van der Waals surface area contributed by atoms with Gasteiger partial charge in [0.25, 0.3) is 5.91 Å². The normalized spacial score (nSPS) is 15.5. The van der Waals surface area contributed by atoms with E-state index in [9.17, 15) is 18.4 Å². The molecule has 1 atom stereocenters. The Morgan fingerprint density at radius 2 is 1.88 bits per heavy atom. The van der Waals surface area contributed by atoms with E-state index in [0.717, 1.165) is 17.7 Å². The van der Waals surface area contributed by atoms with Crippen LogP contribution in [-0.4, -0.2) is 30.4 Å². The highest BCUT2D eigenvalue weighted by atomic mass is 19.1. The number of rotatable bonds is 4. The molecule has 0 aliphatic carbocycles. The van der Waals surface area contributed by atoms with Gasteiger partial charge in [-0.05, 0) is 47.2 Å². The van der Waals surface area contributed by atoms with Crippen molar-refractivity contribution in [3.05, 3.63) is 58.7 Å². The van der Waals surface area contributed by atoms with Gasteiger partial charge in [0.15, 0.2) is 0 Å². The van der Waals surface area contributed by atoms with Crippen LogP contribution in [0.5, 0.6) is 5.75 Å². The molecule has 0 bridgehead atoms. The predicted octanol–water partition coefficient (Wildman–Crippen LogP) is 4.25. The highest BCUT2D eigenvalue weighted by Crippen LogP contribution is 2.35. The SMILES string of the molecule is COc1ccc2c(c1)CCN(C(=O)CC#N)C2C(=O)Nc1cc(F)c(C(C)(C)C)c(F)c1. The molecule has 2 aromatic carbocycles. The first-order valence-corrected chi connectivity index (χ1v) is 10.2. The molecular weight excluding hydrogens is 416 g/mol. The van der Waals surface area contributed by atoms with Gasteiger partial charge in [-0.1, -0.05) is 26.8 Å². The summed E-state index contributed by atoms with van der Waals surface area (Å²) >= 11 is 0. The lowest BCUT2D eigenvalue weighted by Crippen LogP contribution is -2.45. The standard InChI is InChI=1S/C24H25F2N3O3/c1-24(2,3)21-18(25)12-15(13-19(21)26)28-23(31)22-17-6-5-16(32-4)11-14(17)8-10-29(22)20(30)7-9-27/h5-6,11-13,22H,7-8,10H2,1-4H3,(H,28,31). The summed E-state index contributed by atoms with van der Waals surface area (Å²) in [6.07, 6.45) is 0.107. The third-order valence-electron chi connectivity index (χ3n) is 5.44. The van der Waals surface area contributed by atoms with Gasteiger partial charge in [0.2, 0.25) is 5.91 Å². The van der Waals surface area contributed by atoms with E-state index in [1.807, 2.05) is 6.07 Å². The Morgan fingerprint density at radius 1 is 1.22 bits per heavy atom. The van der Waals surface area contributed by atoms with Crippen molar-refractivity contribution in [3.8, 4) is 11.8 Å². The van der Waals surface area contributed by atoms with Crippen molar-refractivity contribution in [1.29, 1.82) is 5.26 Å². The average Bonchev–Trinajstić information content (AvgIpc) is 2.70. The number of hydrogen-bond acceptors (Lipinski definition) is 4. The molecule has 0 saturated heterocycles. The molecule has 2 amide bonds. The van der Waals surface area contributed by atoms with Gasteiger partial charge < -0.3 is 15.0 Å². The van der Waals surface area contributed by atoms with Crippen LogP contribution in [0.2, 0.25) is 0 Å². The number of ether oxygens (including phenoxy) is 1. The van der Waals surface area contributed by atoms with Gasteiger partial charge in [-0.25, -0.2) is 8.78 Å². The van der Waals surface area contributed by atoms with Gasteiger partial charge in [0.1, 0.15) is 29.8 Å². The summed E-state index contributed by atoms with van der Waals surface area (Å²) in [6, 6.07) is 8.06. The van der Waals surface area contributed by atoms with Crippen LogP contribution in [0.15, 0.2) is 30.3 Å². The molecule has 1 heterocycles. The summed E-state index contributed by atoms with van der Waals surface area (Å²) in [5, 5.41) is 11.5. The first-order valence-electron chi connectivity index (χ1n) is 10.2. The molecule has 0 fully saturated rings. The number of methoxy groups -OCH3 is 1. The third kappa shape index (κ3) is 4.57. The van der Waals surface area contributed by atoms with Crippen LogP contribution >= 0.6 is 0 Å². The van der Waals surface area contributed by atoms with Crippen molar-refractivity contribution in [1.82, 2.24) is 4.90 Å². The second-order valence-electron chi connectivity index (χ2n) is 8.69. The summed E-state index contributed by atoms with van der Waals surface area (Å²) in [5.74, 6) is -2.03. The van der Waals surface area contributed by atoms with Crippen molar-refractivity contribution in [3.63, 3.8) is 0 Å². The topological polar surface area (TPSA) is 82.4 Å². The largest absolute Gasteiger partial charge is 0.497 e. The van der Waals surface area contributed by atoms with Crippen LogP contribution < -0.4 is 10.1 Å². The van der Waals surface area contributed by atoms with Crippen LogP contribution in [-0.2, 0) is 21.4 Å². The van der Waals surface area contributed by atoms with E-state index < -0.39 is 34.9 Å². The molecule has 0 spiro atoms. The van der Waals surface area contributed by atoms with Crippen LogP contribution in [0.1, 0.15) is 49.9 Å². The average molecular weight is 441 g/mol. The number of carbonyl (C=O) groups excluding carboxylic acids is 2. The number of anilines is 1. The zero-order valence-corrected chi connectivity index (χ0v) is 18.5. The van der Waals surface area contributed by atoms with Crippen LogP contribution in [0.4, 0.5) is 14.5 Å². The lowest BCUT2D eigenvalue weighted by atomic mass is 9.86. The second-order valence-corrected chi connectivity index (χ2v) is 8.69. The summed E-state index contributed by atoms with van der Waals surface area (Å²) in [6.45, 7) is 5.31. The molecule has 2 aromatic rings. The molecule has 0 radical (unpaired) electrons. The summed E-state index contributed by atoms with van der Waals surface area (Å²) in [5.41, 5.74) is 0.528. The van der Waals surface area contributed by atoms with Crippen molar-refractivity contribution < 1.29 is 23.1 Å². The molecule has 32 heavy (non-hydrogen) atoms. The number of nitrogens with zero attached hydrogens (tertiary/aromatic N) is 2. The van der Waals surface area contributed by atoms with Crippen LogP contribution in [0, 0.1) is 23.0 Å². The van der Waals surface area contributed by atoms with E-state index in [-0.39, 0.29) is 24.2 Å². The van der Waals surface area contributed by atoms with E-state index in [2.05, 4.69) is 5.32 Å². The first kappa shape index (κ1) is 23.2. The number of nitriles is 1. The number of nitrogens with one attached hydrogen (secondary N) is 1. The minimum atomic E-state index is -1.04. The van der Waals surface area contributed by atoms with Crippen molar-refractivity contribution in [2.24, 2.45) is 0 Å². The van der Waals surface area contributed by atoms with Gasteiger partial charge in [-0.3, -0.25) is 9.59 Å². The summed E-state index contributed by atoms with van der Waals surface area (Å²) < 4.78 is 34.5. The number of halogens is 2. The van der Waals surface area contributed by atoms with Crippen molar-refractivity contribution in [2.75, 3.05) is 19.0 Å². The van der Waals surface area contributed by atoms with E-state index in [1.54, 1.807) is 39.0 Å². The van der Waals surface area contributed by atoms with E-state index >= 15 is 0 Å². The van der Waals surface area contributed by atoms with Gasteiger partial charge in [-0.2, -0.15) is 5.26 Å². The van der Waals surface area contributed by atoms with E-state index in [0.29, 0.717) is 17.7 Å². The van der Waals surface area contributed by atoms with Gasteiger partial charge in [0, 0.05) is 17.8 Å². The van der Waals surface area contributed by atoms with E-state index in [1.165, 1.54) is 12.0 Å². The molecule has 3 rings (SSSR count). The monoisotopic (exact) mass is 441 g/mol. The number of fused-ring (bicyclic) bond motifs is 1. The highest BCUT2D eigenvalue weighted by molar-refractivity contribution is 5.98. The predicted molar refractivity (Wildman–Crippen MR) is 115 cm³/mol. The molecule has 1 N–H and O–H groups in total. The zero-order chi connectivity index (χ0) is 23.6. The fourth-order valence-corrected chi connectivity index (χ4v) is 4.02. The summed E-state index contributed by atoms with van der Waals surface area (Å²) in [4.78, 5) is 27.1. The Balaban J connectivity index is 1.98. The quantitative estimate of drug-likeness (QED) is 0.769. The molecule has 1 aliphatic rings. The Hall–Kier alpha value is -3.47. The molecular formula is C24H25F2N3O3.